The van der Waals surface area contributed by atoms with Crippen LogP contribution in [0, 0.1) is 0 Å². The number of pyridine rings is 2. The number of carbonyl (C=O) groups is 1. The molecule has 0 aliphatic rings. The topological polar surface area (TPSA) is 85.6 Å². The van der Waals surface area contributed by atoms with E-state index < -0.39 is 0 Å². The number of aryl methyl sites for hydroxylation is 1. The summed E-state index contributed by atoms with van der Waals surface area (Å²) in [6, 6.07) is 9.29. The van der Waals surface area contributed by atoms with E-state index in [1.165, 1.54) is 0 Å². The number of thiazole rings is 1. The maximum atomic E-state index is 12.6. The van der Waals surface area contributed by atoms with Crippen LogP contribution in [0.5, 0.6) is 0 Å². The first kappa shape index (κ1) is 16.5. The minimum Gasteiger partial charge on any atom is -0.307 e. The van der Waals surface area contributed by atoms with Gasteiger partial charge in [0.05, 0.1) is 27.6 Å². The summed E-state index contributed by atoms with van der Waals surface area (Å²) in [4.78, 5) is 25.7. The van der Waals surface area contributed by atoms with Crippen LogP contribution in [-0.2, 0) is 7.05 Å². The number of aromatic nitrogens is 5. The maximum absolute atomic E-state index is 12.6. The van der Waals surface area contributed by atoms with E-state index in [1.54, 1.807) is 52.3 Å². The van der Waals surface area contributed by atoms with E-state index in [2.05, 4.69) is 25.4 Å². The molecule has 0 aliphatic carbocycles. The number of nitrogens with zero attached hydrogens (tertiary/aromatic N) is 5. The Kier molecular flexibility index (Phi) is 3.84. The van der Waals surface area contributed by atoms with Gasteiger partial charge in [-0.15, -0.1) is 11.3 Å². The first-order valence-corrected chi connectivity index (χ1v) is 9.43. The smallest absolute Gasteiger partial charge is 0.256 e. The van der Waals surface area contributed by atoms with Crippen molar-refractivity contribution in [2.75, 3.05) is 5.32 Å². The second kappa shape index (κ2) is 6.50. The third-order valence-corrected chi connectivity index (χ3v) is 5.25. The summed E-state index contributed by atoms with van der Waals surface area (Å²) < 4.78 is 2.79. The summed E-state index contributed by atoms with van der Waals surface area (Å²) in [6.45, 7) is 0. The summed E-state index contributed by atoms with van der Waals surface area (Å²) in [7, 11) is 1.87. The Balaban J connectivity index is 1.45. The molecule has 5 rings (SSSR count). The molecule has 0 bridgehead atoms. The molecule has 1 N–H and O–H groups in total. The molecule has 7 nitrogen and oxygen atoms in total. The lowest BCUT2D eigenvalue weighted by molar-refractivity contribution is 0.102. The number of amides is 1. The summed E-state index contributed by atoms with van der Waals surface area (Å²) >= 11 is 1.55. The molecule has 5 aromatic rings. The van der Waals surface area contributed by atoms with Crippen LogP contribution in [-0.4, -0.2) is 30.6 Å². The Labute approximate surface area is 163 Å². The number of anilines is 1. The summed E-state index contributed by atoms with van der Waals surface area (Å²) in [6.07, 6.45) is 7.15. The van der Waals surface area contributed by atoms with Crippen molar-refractivity contribution in [1.29, 1.82) is 0 Å². The van der Waals surface area contributed by atoms with Crippen molar-refractivity contribution >= 4 is 44.1 Å². The molecule has 8 heteroatoms. The molecule has 0 radical (unpaired) electrons. The Morgan fingerprint density at radius 3 is 2.79 bits per heavy atom. The zero-order valence-corrected chi connectivity index (χ0v) is 15.6. The van der Waals surface area contributed by atoms with Gasteiger partial charge in [-0.05, 0) is 35.7 Å². The van der Waals surface area contributed by atoms with Crippen molar-refractivity contribution < 1.29 is 4.79 Å². The van der Waals surface area contributed by atoms with Crippen molar-refractivity contribution in [3.63, 3.8) is 0 Å². The lowest BCUT2D eigenvalue weighted by atomic mass is 10.1. The second-order valence-corrected chi connectivity index (χ2v) is 7.26. The monoisotopic (exact) mass is 386 g/mol. The van der Waals surface area contributed by atoms with Crippen LogP contribution in [0.25, 0.3) is 32.2 Å². The van der Waals surface area contributed by atoms with Gasteiger partial charge in [0, 0.05) is 42.2 Å². The highest BCUT2D eigenvalue weighted by Crippen LogP contribution is 2.23. The molecule has 0 unspecified atom stereocenters. The lowest BCUT2D eigenvalue weighted by Gasteiger charge is -2.07. The van der Waals surface area contributed by atoms with Gasteiger partial charge in [-0.25, -0.2) is 9.97 Å². The first-order valence-electron chi connectivity index (χ1n) is 8.55. The van der Waals surface area contributed by atoms with Crippen LogP contribution in [0.3, 0.4) is 0 Å². The Bertz CT molecular complexity index is 1340. The number of hydrogen-bond acceptors (Lipinski definition) is 6. The van der Waals surface area contributed by atoms with Gasteiger partial charge in [0.1, 0.15) is 5.82 Å². The number of fused-ring (bicyclic) bond motifs is 2. The van der Waals surface area contributed by atoms with E-state index in [4.69, 9.17) is 0 Å². The fraction of sp³-hybridized carbons (Fsp3) is 0.0500. The molecule has 0 saturated heterocycles. The third-order valence-electron chi connectivity index (χ3n) is 4.44. The SMILES string of the molecule is Cn1cc(-c2cc3cc(NC(=O)c4ccc5scnc5c4)ncc3cn2)cn1. The molecular formula is C20H14N6OS. The minimum atomic E-state index is -0.219. The largest absolute Gasteiger partial charge is 0.307 e. The van der Waals surface area contributed by atoms with Crippen molar-refractivity contribution in [2.24, 2.45) is 7.05 Å². The van der Waals surface area contributed by atoms with Gasteiger partial charge in [-0.1, -0.05) is 0 Å². The van der Waals surface area contributed by atoms with Gasteiger partial charge >= 0.3 is 0 Å². The number of rotatable bonds is 3. The normalized spacial score (nSPS) is 11.2. The van der Waals surface area contributed by atoms with Gasteiger partial charge in [0.25, 0.3) is 5.91 Å². The highest BCUT2D eigenvalue weighted by molar-refractivity contribution is 7.16. The molecule has 4 aromatic heterocycles. The average molecular weight is 386 g/mol. The second-order valence-electron chi connectivity index (χ2n) is 6.38. The molecule has 0 aliphatic heterocycles. The lowest BCUT2D eigenvalue weighted by Crippen LogP contribution is -2.12. The van der Waals surface area contributed by atoms with Gasteiger partial charge in [0.15, 0.2) is 0 Å². The van der Waals surface area contributed by atoms with E-state index in [9.17, 15) is 4.79 Å². The maximum Gasteiger partial charge on any atom is 0.256 e. The van der Waals surface area contributed by atoms with Crippen LogP contribution in [0.1, 0.15) is 10.4 Å². The molecule has 0 saturated carbocycles. The molecule has 136 valence electrons. The fourth-order valence-electron chi connectivity index (χ4n) is 3.01. The van der Waals surface area contributed by atoms with Crippen molar-refractivity contribution in [3.8, 4) is 11.3 Å². The van der Waals surface area contributed by atoms with Gasteiger partial charge in [-0.2, -0.15) is 5.10 Å². The highest BCUT2D eigenvalue weighted by atomic mass is 32.1. The molecule has 0 spiro atoms. The van der Waals surface area contributed by atoms with Crippen LogP contribution >= 0.6 is 11.3 Å². The summed E-state index contributed by atoms with van der Waals surface area (Å²) in [5, 5.41) is 8.88. The number of benzene rings is 1. The predicted octanol–water partition coefficient (Wildman–Crippen LogP) is 3.89. The van der Waals surface area contributed by atoms with E-state index in [0.29, 0.717) is 11.4 Å². The molecule has 0 atom stereocenters. The Morgan fingerprint density at radius 2 is 1.93 bits per heavy atom. The van der Waals surface area contributed by atoms with E-state index in [-0.39, 0.29) is 5.91 Å². The minimum absolute atomic E-state index is 0.219. The molecule has 28 heavy (non-hydrogen) atoms. The molecule has 4 heterocycles. The zero-order chi connectivity index (χ0) is 19.1. The summed E-state index contributed by atoms with van der Waals surface area (Å²) in [5.41, 5.74) is 4.88. The molecule has 0 fully saturated rings. The number of nitrogens with one attached hydrogen (secondary N) is 1. The Hall–Kier alpha value is -3.65. The van der Waals surface area contributed by atoms with Gasteiger partial charge < -0.3 is 5.32 Å². The van der Waals surface area contributed by atoms with Crippen molar-refractivity contribution in [3.05, 3.63) is 66.2 Å². The van der Waals surface area contributed by atoms with Gasteiger partial charge in [0.2, 0.25) is 0 Å². The van der Waals surface area contributed by atoms with Crippen molar-refractivity contribution in [2.45, 2.75) is 0 Å². The Morgan fingerprint density at radius 1 is 1.04 bits per heavy atom. The fourth-order valence-corrected chi connectivity index (χ4v) is 3.66. The first-order chi connectivity index (χ1) is 13.7. The molecule has 1 amide bonds. The highest BCUT2D eigenvalue weighted by Gasteiger charge is 2.10. The standard InChI is InChI=1S/C20H14N6OS/c1-26-10-15(9-24-26)16-5-13-6-19(22-8-14(13)7-21-16)25-20(27)12-2-3-18-17(4-12)23-11-28-18/h2-11H,1H3,(H,22,25,27). The van der Waals surface area contributed by atoms with Gasteiger partial charge in [-0.3, -0.25) is 14.5 Å². The van der Waals surface area contributed by atoms with Crippen LogP contribution < -0.4 is 5.32 Å². The van der Waals surface area contributed by atoms with Crippen molar-refractivity contribution in [1.82, 2.24) is 24.7 Å². The predicted molar refractivity (Wildman–Crippen MR) is 109 cm³/mol. The zero-order valence-electron chi connectivity index (χ0n) is 14.8. The average Bonchev–Trinajstić information content (AvgIpc) is 3.35. The third kappa shape index (κ3) is 2.99. The van der Waals surface area contributed by atoms with Crippen LogP contribution in [0.4, 0.5) is 5.82 Å². The number of carbonyl (C=O) groups excluding carboxylic acids is 1. The summed E-state index contributed by atoms with van der Waals surface area (Å²) in [5.74, 6) is 0.266. The molecule has 1 aromatic carbocycles. The van der Waals surface area contributed by atoms with E-state index >= 15 is 0 Å². The van der Waals surface area contributed by atoms with E-state index in [0.717, 1.165) is 32.2 Å². The molecular weight excluding hydrogens is 372 g/mol. The quantitative estimate of drug-likeness (QED) is 0.508. The van der Waals surface area contributed by atoms with E-state index in [1.807, 2.05) is 31.4 Å². The van der Waals surface area contributed by atoms with Crippen LogP contribution in [0.2, 0.25) is 0 Å². The van der Waals surface area contributed by atoms with Crippen LogP contribution in [0.15, 0.2) is 60.6 Å². The number of hydrogen-bond donors (Lipinski definition) is 1.